The van der Waals surface area contributed by atoms with Crippen LogP contribution in [0.5, 0.6) is 0 Å². The van der Waals surface area contributed by atoms with Gasteiger partial charge in [0.2, 0.25) is 5.91 Å². The topological polar surface area (TPSA) is 35.6 Å². The smallest absolute Gasteiger partial charge is 0.234 e. The number of nitrogens with zero attached hydrogens (tertiary/aromatic N) is 2. The lowest BCUT2D eigenvalue weighted by molar-refractivity contribution is -0.123. The van der Waals surface area contributed by atoms with E-state index in [4.69, 9.17) is 23.2 Å². The van der Waals surface area contributed by atoms with E-state index in [2.05, 4.69) is 15.1 Å². The molecule has 0 bridgehead atoms. The Morgan fingerprint density at radius 2 is 1.75 bits per heavy atom. The van der Waals surface area contributed by atoms with Crippen LogP contribution in [-0.4, -0.2) is 54.5 Å². The molecule has 24 heavy (non-hydrogen) atoms. The van der Waals surface area contributed by atoms with Crippen molar-refractivity contribution in [1.82, 2.24) is 15.1 Å². The number of rotatable bonds is 5. The van der Waals surface area contributed by atoms with Gasteiger partial charge in [-0.2, -0.15) is 0 Å². The van der Waals surface area contributed by atoms with Crippen LogP contribution >= 0.6 is 23.2 Å². The van der Waals surface area contributed by atoms with Crippen LogP contribution in [0, 0.1) is 0 Å². The van der Waals surface area contributed by atoms with Gasteiger partial charge in [0.1, 0.15) is 0 Å². The lowest BCUT2D eigenvalue weighted by Crippen LogP contribution is -2.50. The predicted octanol–water partition coefficient (Wildman–Crippen LogP) is 3.17. The molecule has 1 N–H and O–H groups in total. The first-order chi connectivity index (χ1) is 11.6. The van der Waals surface area contributed by atoms with Gasteiger partial charge in [-0.25, -0.2) is 0 Å². The Labute approximate surface area is 154 Å². The van der Waals surface area contributed by atoms with E-state index in [1.54, 1.807) is 6.07 Å². The number of hydrogen-bond acceptors (Lipinski definition) is 3. The average Bonchev–Trinajstić information content (AvgIpc) is 3.04. The second-order valence-electron chi connectivity index (χ2n) is 6.84. The summed E-state index contributed by atoms with van der Waals surface area (Å²) >= 11 is 12.2. The highest BCUT2D eigenvalue weighted by Gasteiger charge is 2.22. The third kappa shape index (κ3) is 5.09. The quantitative estimate of drug-likeness (QED) is 0.865. The van der Waals surface area contributed by atoms with E-state index in [9.17, 15) is 4.79 Å². The van der Waals surface area contributed by atoms with Crippen molar-refractivity contribution < 1.29 is 4.79 Å². The Morgan fingerprint density at radius 3 is 2.42 bits per heavy atom. The van der Waals surface area contributed by atoms with E-state index < -0.39 is 0 Å². The van der Waals surface area contributed by atoms with Gasteiger partial charge in [0.15, 0.2) is 0 Å². The molecule has 1 amide bonds. The zero-order valence-electron chi connectivity index (χ0n) is 13.9. The number of nitrogens with one attached hydrogen (secondary N) is 1. The molecule has 1 saturated carbocycles. The Morgan fingerprint density at radius 1 is 1.08 bits per heavy atom. The first kappa shape index (κ1) is 18.0. The second-order valence-corrected chi connectivity index (χ2v) is 7.68. The molecule has 1 aromatic rings. The zero-order valence-corrected chi connectivity index (χ0v) is 15.5. The fourth-order valence-corrected chi connectivity index (χ4v) is 4.01. The van der Waals surface area contributed by atoms with Crippen LogP contribution in [0.4, 0.5) is 0 Å². The Balaban J connectivity index is 1.41. The summed E-state index contributed by atoms with van der Waals surface area (Å²) in [5, 5.41) is 4.56. The van der Waals surface area contributed by atoms with E-state index in [1.807, 2.05) is 12.1 Å². The summed E-state index contributed by atoms with van der Waals surface area (Å²) in [4.78, 5) is 16.7. The third-order valence-electron chi connectivity index (χ3n) is 4.96. The molecule has 2 aliphatic rings. The summed E-state index contributed by atoms with van der Waals surface area (Å²) < 4.78 is 0. The summed E-state index contributed by atoms with van der Waals surface area (Å²) in [6.07, 6.45) is 4.77. The number of halogens is 2. The minimum Gasteiger partial charge on any atom is -0.352 e. The minimum absolute atomic E-state index is 0.177. The highest BCUT2D eigenvalue weighted by molar-refractivity contribution is 6.35. The molecule has 0 atom stereocenters. The van der Waals surface area contributed by atoms with Crippen LogP contribution in [0.25, 0.3) is 0 Å². The van der Waals surface area contributed by atoms with Crippen molar-refractivity contribution in [3.05, 3.63) is 33.8 Å². The summed E-state index contributed by atoms with van der Waals surface area (Å²) in [6.45, 7) is 5.10. The van der Waals surface area contributed by atoms with Gasteiger partial charge in [0.05, 0.1) is 6.54 Å². The Kier molecular flexibility index (Phi) is 6.39. The number of carbonyl (C=O) groups excluding carboxylic acids is 1. The van der Waals surface area contributed by atoms with Crippen LogP contribution in [-0.2, 0) is 11.3 Å². The fraction of sp³-hybridized carbons (Fsp3) is 0.611. The van der Waals surface area contributed by atoms with Gasteiger partial charge in [-0.3, -0.25) is 14.6 Å². The second kappa shape index (κ2) is 8.52. The van der Waals surface area contributed by atoms with Crippen LogP contribution in [0.2, 0.25) is 10.0 Å². The summed E-state index contributed by atoms with van der Waals surface area (Å²) in [6, 6.07) is 6.08. The van der Waals surface area contributed by atoms with Gasteiger partial charge >= 0.3 is 0 Å². The summed E-state index contributed by atoms with van der Waals surface area (Å²) in [7, 11) is 0. The maximum atomic E-state index is 12.1. The Bertz CT molecular complexity index is 567. The molecule has 0 unspecified atom stereocenters. The normalized spacial score (nSPS) is 20.4. The number of amides is 1. The highest BCUT2D eigenvalue weighted by Crippen LogP contribution is 2.22. The fourth-order valence-electron chi connectivity index (χ4n) is 3.54. The van der Waals surface area contributed by atoms with Gasteiger partial charge < -0.3 is 5.32 Å². The first-order valence-electron chi connectivity index (χ1n) is 8.78. The molecule has 0 radical (unpaired) electrons. The number of hydrogen-bond donors (Lipinski definition) is 1. The largest absolute Gasteiger partial charge is 0.352 e. The van der Waals surface area contributed by atoms with Gasteiger partial charge in [-0.15, -0.1) is 0 Å². The Hall–Kier alpha value is -0.810. The van der Waals surface area contributed by atoms with Crippen LogP contribution in [0.3, 0.4) is 0 Å². The van der Waals surface area contributed by atoms with Crippen molar-refractivity contribution in [2.75, 3.05) is 32.7 Å². The van der Waals surface area contributed by atoms with E-state index in [0.29, 0.717) is 17.6 Å². The molecule has 132 valence electrons. The molecule has 2 fully saturated rings. The lowest BCUT2D eigenvalue weighted by Gasteiger charge is -2.34. The number of benzene rings is 1. The van der Waals surface area contributed by atoms with Gasteiger partial charge in [0, 0.05) is 48.8 Å². The zero-order chi connectivity index (χ0) is 16.9. The van der Waals surface area contributed by atoms with Crippen molar-refractivity contribution in [2.24, 2.45) is 0 Å². The molecule has 3 rings (SSSR count). The van der Waals surface area contributed by atoms with E-state index in [-0.39, 0.29) is 5.91 Å². The molecule has 4 nitrogen and oxygen atoms in total. The molecule has 1 heterocycles. The summed E-state index contributed by atoms with van der Waals surface area (Å²) in [5.74, 6) is 0.177. The van der Waals surface area contributed by atoms with Crippen molar-refractivity contribution >= 4 is 29.1 Å². The maximum absolute atomic E-state index is 12.1. The van der Waals surface area contributed by atoms with Crippen LogP contribution in [0.15, 0.2) is 18.2 Å². The molecule has 0 spiro atoms. The van der Waals surface area contributed by atoms with Gasteiger partial charge in [-0.05, 0) is 30.5 Å². The molecule has 0 aromatic heterocycles. The van der Waals surface area contributed by atoms with Gasteiger partial charge in [-0.1, -0.05) is 42.1 Å². The maximum Gasteiger partial charge on any atom is 0.234 e. The lowest BCUT2D eigenvalue weighted by atomic mass is 10.2. The molecule has 1 aromatic carbocycles. The molecule has 1 saturated heterocycles. The van der Waals surface area contributed by atoms with Crippen LogP contribution in [0.1, 0.15) is 31.2 Å². The monoisotopic (exact) mass is 369 g/mol. The van der Waals surface area contributed by atoms with E-state index in [0.717, 1.165) is 56.2 Å². The standard InChI is InChI=1S/C18H25Cl2N3O/c19-15-6-5-14(17(20)11-15)12-22-7-9-23(10-8-22)13-18(24)21-16-3-1-2-4-16/h5-6,11,16H,1-4,7-10,12-13H2,(H,21,24). The highest BCUT2D eigenvalue weighted by atomic mass is 35.5. The average molecular weight is 370 g/mol. The van der Waals surface area contributed by atoms with Crippen molar-refractivity contribution in [1.29, 1.82) is 0 Å². The van der Waals surface area contributed by atoms with Crippen LogP contribution < -0.4 is 5.32 Å². The number of carbonyl (C=O) groups is 1. The molecule has 1 aliphatic heterocycles. The minimum atomic E-state index is 0.177. The molecule has 1 aliphatic carbocycles. The molecule has 6 heteroatoms. The predicted molar refractivity (Wildman–Crippen MR) is 98.6 cm³/mol. The van der Waals surface area contributed by atoms with E-state index in [1.165, 1.54) is 12.8 Å². The van der Waals surface area contributed by atoms with Crippen molar-refractivity contribution in [2.45, 2.75) is 38.3 Å². The van der Waals surface area contributed by atoms with Crippen molar-refractivity contribution in [3.8, 4) is 0 Å². The molecular formula is C18H25Cl2N3O. The number of piperazine rings is 1. The van der Waals surface area contributed by atoms with Gasteiger partial charge in [0.25, 0.3) is 0 Å². The third-order valence-corrected chi connectivity index (χ3v) is 5.55. The molecular weight excluding hydrogens is 345 g/mol. The van der Waals surface area contributed by atoms with E-state index >= 15 is 0 Å². The SMILES string of the molecule is O=C(CN1CCN(Cc2ccc(Cl)cc2Cl)CC1)NC1CCCC1. The van der Waals surface area contributed by atoms with Crippen molar-refractivity contribution in [3.63, 3.8) is 0 Å². The first-order valence-corrected chi connectivity index (χ1v) is 9.54. The summed E-state index contributed by atoms with van der Waals surface area (Å²) in [5.41, 5.74) is 1.11.